The number of benzene rings is 2. The van der Waals surface area contributed by atoms with Gasteiger partial charge in [0.15, 0.2) is 17.1 Å². The molecule has 0 atom stereocenters. The van der Waals surface area contributed by atoms with Gasteiger partial charge in [0.05, 0.1) is 39.3 Å². The third-order valence-electron chi connectivity index (χ3n) is 4.47. The topological polar surface area (TPSA) is 62.7 Å². The molecule has 4 aromatic rings. The van der Waals surface area contributed by atoms with Gasteiger partial charge in [-0.15, -0.1) is 0 Å². The van der Waals surface area contributed by atoms with Gasteiger partial charge < -0.3 is 18.9 Å². The summed E-state index contributed by atoms with van der Waals surface area (Å²) in [4.78, 5) is 9.21. The van der Waals surface area contributed by atoms with Crippen molar-refractivity contribution in [2.75, 3.05) is 28.4 Å². The van der Waals surface area contributed by atoms with Gasteiger partial charge in [-0.1, -0.05) is 18.2 Å². The van der Waals surface area contributed by atoms with E-state index in [1.54, 1.807) is 34.6 Å². The van der Waals surface area contributed by atoms with Crippen molar-refractivity contribution in [2.45, 2.75) is 0 Å². The molecule has 26 heavy (non-hydrogen) atoms. The minimum absolute atomic E-state index is 0.467. The van der Waals surface area contributed by atoms with Crippen molar-refractivity contribution in [1.82, 2.24) is 9.97 Å². The number of para-hydroxylation sites is 1. The fourth-order valence-electron chi connectivity index (χ4n) is 3.35. The number of rotatable bonds is 4. The Bertz CT molecular complexity index is 1140. The quantitative estimate of drug-likeness (QED) is 0.410. The Balaban J connectivity index is 2.27. The molecule has 6 heteroatoms. The lowest BCUT2D eigenvalue weighted by molar-refractivity contribution is 0.309. The van der Waals surface area contributed by atoms with Crippen LogP contribution >= 0.6 is 0 Å². The Morgan fingerprint density at radius 1 is 0.731 bits per heavy atom. The minimum Gasteiger partial charge on any atom is -0.492 e. The van der Waals surface area contributed by atoms with Crippen LogP contribution in [-0.2, 0) is 0 Å². The van der Waals surface area contributed by atoms with Crippen LogP contribution in [0.1, 0.15) is 0 Å². The van der Waals surface area contributed by atoms with Crippen LogP contribution in [0.5, 0.6) is 23.0 Å². The molecule has 0 saturated carbocycles. The first-order chi connectivity index (χ1) is 12.7. The summed E-state index contributed by atoms with van der Waals surface area (Å²) in [6, 6.07) is 9.98. The van der Waals surface area contributed by atoms with Gasteiger partial charge in [-0.25, -0.2) is 9.97 Å². The number of hydrogen-bond acceptors (Lipinski definition) is 6. The smallest absolute Gasteiger partial charge is 0.207 e. The van der Waals surface area contributed by atoms with Gasteiger partial charge in [0.25, 0.3) is 0 Å². The van der Waals surface area contributed by atoms with Gasteiger partial charge >= 0.3 is 0 Å². The van der Waals surface area contributed by atoms with E-state index in [0.717, 1.165) is 27.1 Å². The molecule has 0 N–H and O–H groups in total. The second-order valence-corrected chi connectivity index (χ2v) is 5.73. The number of ether oxygens (including phenoxy) is 4. The van der Waals surface area contributed by atoms with E-state index >= 15 is 0 Å². The highest BCUT2D eigenvalue weighted by atomic mass is 16.5. The van der Waals surface area contributed by atoms with E-state index in [-0.39, 0.29) is 0 Å². The van der Waals surface area contributed by atoms with Gasteiger partial charge in [-0.05, 0) is 12.1 Å². The largest absolute Gasteiger partial charge is 0.492 e. The molecule has 0 aliphatic rings. The summed E-state index contributed by atoms with van der Waals surface area (Å²) in [5.41, 5.74) is 1.52. The summed E-state index contributed by atoms with van der Waals surface area (Å²) in [5.74, 6) is 2.04. The monoisotopic (exact) mass is 350 g/mol. The zero-order chi connectivity index (χ0) is 18.3. The molecule has 0 aliphatic carbocycles. The van der Waals surface area contributed by atoms with Gasteiger partial charge in [0.2, 0.25) is 11.5 Å². The zero-order valence-electron chi connectivity index (χ0n) is 15.0. The number of hydrogen-bond donors (Lipinski definition) is 0. The van der Waals surface area contributed by atoms with E-state index in [1.807, 2.05) is 24.3 Å². The molecule has 0 amide bonds. The average Bonchev–Trinajstić information content (AvgIpc) is 2.69. The fourth-order valence-corrected chi connectivity index (χ4v) is 3.35. The van der Waals surface area contributed by atoms with Crippen molar-refractivity contribution < 1.29 is 18.9 Å². The highest BCUT2D eigenvalue weighted by molar-refractivity contribution is 6.14. The Labute approximate surface area is 150 Å². The van der Waals surface area contributed by atoms with Gasteiger partial charge in [-0.3, -0.25) is 0 Å². The maximum Gasteiger partial charge on any atom is 0.207 e. The first-order valence-corrected chi connectivity index (χ1v) is 8.07. The van der Waals surface area contributed by atoms with E-state index in [4.69, 9.17) is 18.9 Å². The maximum absolute atomic E-state index is 5.70. The van der Waals surface area contributed by atoms with Crippen LogP contribution in [-0.4, -0.2) is 38.4 Å². The van der Waals surface area contributed by atoms with Crippen molar-refractivity contribution in [1.29, 1.82) is 0 Å². The summed E-state index contributed by atoms with van der Waals surface area (Å²) >= 11 is 0. The van der Waals surface area contributed by atoms with E-state index in [1.165, 1.54) is 0 Å². The lowest BCUT2D eigenvalue weighted by Gasteiger charge is -2.19. The van der Waals surface area contributed by atoms with Crippen molar-refractivity contribution in [3.8, 4) is 23.0 Å². The normalized spacial score (nSPS) is 11.1. The van der Waals surface area contributed by atoms with E-state index in [2.05, 4.69) is 16.0 Å². The third-order valence-corrected chi connectivity index (χ3v) is 4.47. The number of nitrogens with zero attached hydrogens (tertiary/aromatic N) is 2. The lowest BCUT2D eigenvalue weighted by Crippen LogP contribution is -2.00. The second-order valence-electron chi connectivity index (χ2n) is 5.73. The molecule has 2 aromatic heterocycles. The first kappa shape index (κ1) is 16.2. The Morgan fingerprint density at radius 2 is 1.38 bits per heavy atom. The minimum atomic E-state index is 0.467. The van der Waals surface area contributed by atoms with Gasteiger partial charge in [0, 0.05) is 22.4 Å². The third kappa shape index (κ3) is 2.19. The molecule has 0 radical (unpaired) electrons. The van der Waals surface area contributed by atoms with Crippen LogP contribution in [0.15, 0.2) is 36.5 Å². The zero-order valence-corrected chi connectivity index (χ0v) is 15.0. The highest BCUT2D eigenvalue weighted by Gasteiger charge is 2.25. The molecule has 2 aromatic carbocycles. The maximum atomic E-state index is 5.70. The van der Waals surface area contributed by atoms with Crippen LogP contribution in [0.2, 0.25) is 0 Å². The van der Waals surface area contributed by atoms with Gasteiger partial charge in [-0.2, -0.15) is 0 Å². The molecular formula is C20H18N2O4. The fraction of sp³-hybridized carbons (Fsp3) is 0.200. The Morgan fingerprint density at radius 3 is 2.08 bits per heavy atom. The SMILES string of the molecule is COc1c(OC)c(OC)c2c(cnc3nc4ccccc4cc32)c1OC. The van der Waals surface area contributed by atoms with Crippen LogP contribution in [0.4, 0.5) is 0 Å². The summed E-state index contributed by atoms with van der Waals surface area (Å²) < 4.78 is 22.4. The highest BCUT2D eigenvalue weighted by Crippen LogP contribution is 2.52. The number of pyridine rings is 2. The number of fused-ring (bicyclic) bond motifs is 4. The van der Waals surface area contributed by atoms with Gasteiger partial charge in [0.1, 0.15) is 0 Å². The molecule has 132 valence electrons. The van der Waals surface area contributed by atoms with Crippen molar-refractivity contribution in [3.63, 3.8) is 0 Å². The molecular weight excluding hydrogens is 332 g/mol. The average molecular weight is 350 g/mol. The summed E-state index contributed by atoms with van der Waals surface area (Å²) in [6.45, 7) is 0. The van der Waals surface area contributed by atoms with Crippen LogP contribution in [0.3, 0.4) is 0 Å². The van der Waals surface area contributed by atoms with Crippen molar-refractivity contribution >= 4 is 32.7 Å². The van der Waals surface area contributed by atoms with Crippen LogP contribution < -0.4 is 18.9 Å². The molecule has 2 heterocycles. The van der Waals surface area contributed by atoms with E-state index in [9.17, 15) is 0 Å². The Kier molecular flexibility index (Phi) is 3.88. The van der Waals surface area contributed by atoms with Crippen LogP contribution in [0, 0.1) is 0 Å². The first-order valence-electron chi connectivity index (χ1n) is 8.07. The standard InChI is InChI=1S/C20H18N2O4/c1-23-16-13-10-21-20-12(9-11-7-5-6-8-14(11)22-20)15(13)17(24-2)19(26-4)18(16)25-3/h5-10H,1-4H3. The van der Waals surface area contributed by atoms with Crippen molar-refractivity contribution in [2.24, 2.45) is 0 Å². The molecule has 4 rings (SSSR count). The molecule has 0 spiro atoms. The Hall–Kier alpha value is -3.28. The molecule has 0 fully saturated rings. The molecule has 0 unspecified atom stereocenters. The predicted molar refractivity (Wildman–Crippen MR) is 101 cm³/mol. The lowest BCUT2D eigenvalue weighted by atomic mass is 10.0. The second kappa shape index (κ2) is 6.22. The number of methoxy groups -OCH3 is 4. The molecule has 0 bridgehead atoms. The molecule has 6 nitrogen and oxygen atoms in total. The predicted octanol–water partition coefficient (Wildman–Crippen LogP) is 3.97. The molecule has 0 aliphatic heterocycles. The summed E-state index contributed by atoms with van der Waals surface area (Å²) in [5, 5.41) is 3.47. The van der Waals surface area contributed by atoms with Crippen molar-refractivity contribution in [3.05, 3.63) is 36.5 Å². The van der Waals surface area contributed by atoms with E-state index < -0.39 is 0 Å². The van der Waals surface area contributed by atoms with Crippen LogP contribution in [0.25, 0.3) is 32.7 Å². The molecule has 0 saturated heterocycles. The van der Waals surface area contributed by atoms with E-state index in [0.29, 0.717) is 28.6 Å². The summed E-state index contributed by atoms with van der Waals surface area (Å²) in [7, 11) is 6.33. The number of aromatic nitrogens is 2. The summed E-state index contributed by atoms with van der Waals surface area (Å²) in [6.07, 6.45) is 1.72.